The lowest BCUT2D eigenvalue weighted by atomic mass is 10.1. The summed E-state index contributed by atoms with van der Waals surface area (Å²) in [6, 6.07) is 0. The molecule has 0 aliphatic rings. The van der Waals surface area contributed by atoms with Gasteiger partial charge in [0.05, 0.1) is 0 Å². The quantitative estimate of drug-likeness (QED) is 0.227. The number of hydrogen-bond acceptors (Lipinski definition) is 3. The third-order valence-electron chi connectivity index (χ3n) is 1.46. The van der Waals surface area contributed by atoms with Gasteiger partial charge in [-0.05, 0) is 6.42 Å². The maximum Gasteiger partial charge on any atom is 0.138 e. The average Bonchev–Trinajstić information content (AvgIpc) is 1.99. The zero-order valence-electron chi connectivity index (χ0n) is 6.81. The Morgan fingerprint density at radius 3 is 2.60 bits per heavy atom. The highest BCUT2D eigenvalue weighted by molar-refractivity contribution is 5.83. The molecule has 0 saturated heterocycles. The molecule has 0 saturated carbocycles. The highest BCUT2D eigenvalue weighted by atomic mass is 15.4. The molecule has 0 heterocycles. The van der Waals surface area contributed by atoms with Crippen molar-refractivity contribution in [3.05, 3.63) is 0 Å². The molecule has 4 nitrogen and oxygen atoms in total. The topological polar surface area (TPSA) is 62.4 Å². The Morgan fingerprint density at radius 2 is 2.30 bits per heavy atom. The number of hydrazine groups is 1. The molecular weight excluding hydrogens is 128 g/mol. The second kappa shape index (κ2) is 5.05. The summed E-state index contributed by atoms with van der Waals surface area (Å²) in [4.78, 5) is 0. The van der Waals surface area contributed by atoms with Gasteiger partial charge in [-0.15, -0.1) is 0 Å². The second-order valence-electron chi connectivity index (χ2n) is 2.17. The van der Waals surface area contributed by atoms with E-state index in [1.54, 1.807) is 7.05 Å². The van der Waals surface area contributed by atoms with Crippen molar-refractivity contribution >= 4 is 5.84 Å². The standard InChI is InChI=1S/C6H16N4/c1-4-5(2)6(9-7)10-8-3/h5,8H,4,7H2,1-3H3,(H,9,10). The van der Waals surface area contributed by atoms with E-state index < -0.39 is 0 Å². The molecule has 0 aromatic heterocycles. The van der Waals surface area contributed by atoms with Crippen molar-refractivity contribution in [1.82, 2.24) is 10.9 Å². The third kappa shape index (κ3) is 2.68. The molecule has 0 amide bonds. The first-order valence-electron chi connectivity index (χ1n) is 3.47. The second-order valence-corrected chi connectivity index (χ2v) is 2.17. The molecule has 4 heteroatoms. The van der Waals surface area contributed by atoms with Gasteiger partial charge in [0.25, 0.3) is 0 Å². The fraction of sp³-hybridized carbons (Fsp3) is 0.833. The number of nitrogens with one attached hydrogen (secondary N) is 2. The number of rotatable bonds is 3. The van der Waals surface area contributed by atoms with E-state index >= 15 is 0 Å². The van der Waals surface area contributed by atoms with E-state index in [1.807, 2.05) is 0 Å². The van der Waals surface area contributed by atoms with Gasteiger partial charge in [-0.1, -0.05) is 13.8 Å². The van der Waals surface area contributed by atoms with Crippen LogP contribution in [0.15, 0.2) is 5.10 Å². The zero-order chi connectivity index (χ0) is 7.98. The largest absolute Gasteiger partial charge is 0.311 e. The van der Waals surface area contributed by atoms with Gasteiger partial charge in [0.2, 0.25) is 0 Å². The summed E-state index contributed by atoms with van der Waals surface area (Å²) in [5, 5.41) is 3.94. The van der Waals surface area contributed by atoms with E-state index in [0.717, 1.165) is 12.3 Å². The predicted molar refractivity (Wildman–Crippen MR) is 43.3 cm³/mol. The summed E-state index contributed by atoms with van der Waals surface area (Å²) >= 11 is 0. The van der Waals surface area contributed by atoms with E-state index in [9.17, 15) is 0 Å². The summed E-state index contributed by atoms with van der Waals surface area (Å²) < 4.78 is 0. The Bertz CT molecular complexity index is 110. The van der Waals surface area contributed by atoms with Gasteiger partial charge in [-0.3, -0.25) is 0 Å². The van der Waals surface area contributed by atoms with Gasteiger partial charge in [-0.2, -0.15) is 5.10 Å². The van der Waals surface area contributed by atoms with Crippen LogP contribution >= 0.6 is 0 Å². The molecule has 0 radical (unpaired) electrons. The van der Waals surface area contributed by atoms with Crippen molar-refractivity contribution in [2.75, 3.05) is 7.05 Å². The monoisotopic (exact) mass is 144 g/mol. The van der Waals surface area contributed by atoms with E-state index in [1.165, 1.54) is 0 Å². The molecule has 1 unspecified atom stereocenters. The average molecular weight is 144 g/mol. The minimum Gasteiger partial charge on any atom is -0.311 e. The third-order valence-corrected chi connectivity index (χ3v) is 1.46. The van der Waals surface area contributed by atoms with Crippen LogP contribution in [0.25, 0.3) is 0 Å². The van der Waals surface area contributed by atoms with E-state index in [2.05, 4.69) is 29.8 Å². The number of hydrogen-bond donors (Lipinski definition) is 3. The molecule has 0 aromatic rings. The number of amidine groups is 1. The van der Waals surface area contributed by atoms with E-state index in [0.29, 0.717) is 5.92 Å². The Hall–Kier alpha value is -0.770. The summed E-state index contributed by atoms with van der Waals surface area (Å²) in [7, 11) is 1.75. The molecule has 0 fully saturated rings. The van der Waals surface area contributed by atoms with Crippen molar-refractivity contribution in [3.63, 3.8) is 0 Å². The van der Waals surface area contributed by atoms with Gasteiger partial charge in [0, 0.05) is 13.0 Å². The lowest BCUT2D eigenvalue weighted by Gasteiger charge is -2.10. The van der Waals surface area contributed by atoms with Crippen molar-refractivity contribution in [1.29, 1.82) is 0 Å². The molecule has 1 atom stereocenters. The molecule has 0 aromatic carbocycles. The molecule has 0 aliphatic heterocycles. The number of nitrogens with zero attached hydrogens (tertiary/aromatic N) is 1. The molecule has 4 N–H and O–H groups in total. The fourth-order valence-corrected chi connectivity index (χ4v) is 0.599. The van der Waals surface area contributed by atoms with Gasteiger partial charge in [0.15, 0.2) is 0 Å². The summed E-state index contributed by atoms with van der Waals surface area (Å²) in [5.74, 6) is 6.40. The van der Waals surface area contributed by atoms with Crippen LogP contribution in [-0.4, -0.2) is 12.9 Å². The summed E-state index contributed by atoms with van der Waals surface area (Å²) in [6.07, 6.45) is 1.03. The highest BCUT2D eigenvalue weighted by Gasteiger charge is 2.04. The van der Waals surface area contributed by atoms with Crippen LogP contribution in [0.1, 0.15) is 20.3 Å². The molecule has 60 valence electrons. The van der Waals surface area contributed by atoms with Gasteiger partial charge in [0.1, 0.15) is 5.84 Å². The SMILES string of the molecule is CCC(C)/C(=N/NC)NN. The molecule has 0 rings (SSSR count). The minimum absolute atomic E-state index is 0.387. The van der Waals surface area contributed by atoms with Crippen LogP contribution in [0.3, 0.4) is 0 Å². The van der Waals surface area contributed by atoms with Gasteiger partial charge in [-0.25, -0.2) is 5.84 Å². The lowest BCUT2D eigenvalue weighted by molar-refractivity contribution is 0.688. The van der Waals surface area contributed by atoms with Crippen LogP contribution in [0.5, 0.6) is 0 Å². The number of hydrazone groups is 1. The zero-order valence-corrected chi connectivity index (χ0v) is 6.81. The van der Waals surface area contributed by atoms with Gasteiger partial charge < -0.3 is 10.9 Å². The molecule has 0 aliphatic carbocycles. The van der Waals surface area contributed by atoms with Crippen LogP contribution < -0.4 is 16.7 Å². The Balaban J connectivity index is 3.92. The fourth-order valence-electron chi connectivity index (χ4n) is 0.599. The van der Waals surface area contributed by atoms with Crippen molar-refractivity contribution in [2.24, 2.45) is 16.9 Å². The summed E-state index contributed by atoms with van der Waals surface area (Å²) in [6.45, 7) is 4.16. The predicted octanol–water partition coefficient (Wildman–Crippen LogP) is 0.0287. The first-order valence-corrected chi connectivity index (χ1v) is 3.47. The summed E-state index contributed by atoms with van der Waals surface area (Å²) in [5.41, 5.74) is 5.22. The first kappa shape index (κ1) is 9.23. The first-order chi connectivity index (χ1) is 4.76. The highest BCUT2D eigenvalue weighted by Crippen LogP contribution is 1.99. The van der Waals surface area contributed by atoms with Crippen LogP contribution in [0.2, 0.25) is 0 Å². The Morgan fingerprint density at radius 1 is 1.70 bits per heavy atom. The lowest BCUT2D eigenvalue weighted by Crippen LogP contribution is -2.36. The van der Waals surface area contributed by atoms with Crippen LogP contribution in [-0.2, 0) is 0 Å². The molecular formula is C6H16N4. The molecule has 0 spiro atoms. The number of nitrogens with two attached hydrogens (primary N) is 1. The Kier molecular flexibility index (Phi) is 4.66. The van der Waals surface area contributed by atoms with Crippen molar-refractivity contribution in [2.45, 2.75) is 20.3 Å². The normalized spacial score (nSPS) is 14.6. The van der Waals surface area contributed by atoms with Crippen molar-refractivity contribution < 1.29 is 0 Å². The maximum absolute atomic E-state index is 5.21. The van der Waals surface area contributed by atoms with Crippen molar-refractivity contribution in [3.8, 4) is 0 Å². The maximum atomic E-state index is 5.21. The smallest absolute Gasteiger partial charge is 0.138 e. The van der Waals surface area contributed by atoms with E-state index in [4.69, 9.17) is 5.84 Å². The minimum atomic E-state index is 0.387. The van der Waals surface area contributed by atoms with E-state index in [-0.39, 0.29) is 0 Å². The Labute approximate surface area is 61.8 Å². The van der Waals surface area contributed by atoms with Crippen LogP contribution in [0.4, 0.5) is 0 Å². The van der Waals surface area contributed by atoms with Gasteiger partial charge >= 0.3 is 0 Å². The molecule has 0 bridgehead atoms. The van der Waals surface area contributed by atoms with Crippen LogP contribution in [0, 0.1) is 5.92 Å². The molecule has 10 heavy (non-hydrogen) atoms.